The van der Waals surface area contributed by atoms with Crippen molar-refractivity contribution in [2.24, 2.45) is 0 Å². The van der Waals surface area contributed by atoms with Crippen LogP contribution in [0.3, 0.4) is 0 Å². The summed E-state index contributed by atoms with van der Waals surface area (Å²) in [5, 5.41) is 0.374. The highest BCUT2D eigenvalue weighted by molar-refractivity contribution is 7.92. The summed E-state index contributed by atoms with van der Waals surface area (Å²) < 4.78 is 27.3. The number of nitrogens with one attached hydrogen (secondary N) is 1. The van der Waals surface area contributed by atoms with Gasteiger partial charge in [0.2, 0.25) is 0 Å². The molecule has 3 N–H and O–H groups in total. The van der Waals surface area contributed by atoms with Gasteiger partial charge < -0.3 is 5.73 Å². The van der Waals surface area contributed by atoms with Gasteiger partial charge in [-0.3, -0.25) is 4.72 Å². The van der Waals surface area contributed by atoms with Crippen LogP contribution < -0.4 is 10.5 Å². The molecule has 0 aliphatic heterocycles. The molecule has 2 aromatic rings. The molecule has 0 amide bonds. The molecule has 0 atom stereocenters. The van der Waals surface area contributed by atoms with Crippen molar-refractivity contribution < 1.29 is 8.42 Å². The lowest BCUT2D eigenvalue weighted by atomic mass is 10.1. The second-order valence-corrected chi connectivity index (χ2v) is 6.71. The zero-order chi connectivity index (χ0) is 14.9. The number of benzene rings is 2. The van der Waals surface area contributed by atoms with Crippen molar-refractivity contribution in [2.45, 2.75) is 18.7 Å². The summed E-state index contributed by atoms with van der Waals surface area (Å²) in [5.74, 6) is 0. The molecule has 0 saturated carbocycles. The second kappa shape index (κ2) is 5.34. The second-order valence-electron chi connectivity index (χ2n) is 4.59. The van der Waals surface area contributed by atoms with Crippen LogP contribution in [0.25, 0.3) is 0 Å². The van der Waals surface area contributed by atoms with Crippen LogP contribution in [0.4, 0.5) is 11.4 Å². The third-order valence-electron chi connectivity index (χ3n) is 2.90. The molecule has 0 aromatic heterocycles. The number of sulfonamides is 1. The van der Waals surface area contributed by atoms with Gasteiger partial charge in [-0.1, -0.05) is 17.7 Å². The monoisotopic (exact) mass is 310 g/mol. The van der Waals surface area contributed by atoms with Crippen LogP contribution in [0.15, 0.2) is 41.3 Å². The van der Waals surface area contributed by atoms with Gasteiger partial charge in [0.25, 0.3) is 10.0 Å². The molecule has 0 aliphatic carbocycles. The van der Waals surface area contributed by atoms with Crippen LogP contribution in [0, 0.1) is 13.8 Å². The average molecular weight is 311 g/mol. The highest BCUT2D eigenvalue weighted by atomic mass is 35.5. The van der Waals surface area contributed by atoms with Crippen molar-refractivity contribution in [3.05, 3.63) is 52.5 Å². The van der Waals surface area contributed by atoms with Gasteiger partial charge in [0.1, 0.15) is 0 Å². The maximum atomic E-state index is 12.3. The summed E-state index contributed by atoms with van der Waals surface area (Å²) in [6.07, 6.45) is 0. The third kappa shape index (κ3) is 3.05. The number of anilines is 2. The number of nitrogen functional groups attached to an aromatic ring is 1. The predicted octanol–water partition coefficient (Wildman–Crippen LogP) is 3.34. The Morgan fingerprint density at radius 3 is 2.25 bits per heavy atom. The van der Waals surface area contributed by atoms with Crippen LogP contribution in [0.1, 0.15) is 11.1 Å². The van der Waals surface area contributed by atoms with Crippen LogP contribution in [0.5, 0.6) is 0 Å². The first-order valence-electron chi connectivity index (χ1n) is 5.95. The van der Waals surface area contributed by atoms with E-state index in [4.69, 9.17) is 17.3 Å². The number of hydrogen-bond acceptors (Lipinski definition) is 3. The van der Waals surface area contributed by atoms with Gasteiger partial charge in [-0.25, -0.2) is 8.42 Å². The molecule has 0 fully saturated rings. The van der Waals surface area contributed by atoms with E-state index in [-0.39, 0.29) is 4.90 Å². The molecular formula is C14H15ClN2O2S. The Labute approximate surface area is 123 Å². The fourth-order valence-electron chi connectivity index (χ4n) is 1.99. The summed E-state index contributed by atoms with van der Waals surface area (Å²) in [4.78, 5) is 0.126. The van der Waals surface area contributed by atoms with E-state index in [1.165, 1.54) is 12.1 Å². The molecule has 2 aromatic carbocycles. The Bertz CT molecular complexity index is 735. The summed E-state index contributed by atoms with van der Waals surface area (Å²) in [5.41, 5.74) is 8.41. The fourth-order valence-corrected chi connectivity index (χ4v) is 3.49. The number of rotatable bonds is 3. The highest BCUT2D eigenvalue weighted by Crippen LogP contribution is 2.26. The van der Waals surface area contributed by atoms with Crippen LogP contribution in [-0.2, 0) is 10.0 Å². The lowest BCUT2D eigenvalue weighted by molar-refractivity contribution is 0.601. The van der Waals surface area contributed by atoms with E-state index in [0.29, 0.717) is 16.4 Å². The van der Waals surface area contributed by atoms with E-state index in [2.05, 4.69) is 4.72 Å². The molecule has 0 saturated heterocycles. The molecule has 0 heterocycles. The van der Waals surface area contributed by atoms with E-state index in [1.54, 1.807) is 38.1 Å². The minimum absolute atomic E-state index is 0.126. The van der Waals surface area contributed by atoms with Gasteiger partial charge in [-0.2, -0.15) is 0 Å². The molecule has 0 aliphatic rings. The van der Waals surface area contributed by atoms with Crippen LogP contribution >= 0.6 is 11.6 Å². The first kappa shape index (κ1) is 14.7. The molecule has 106 valence electrons. The zero-order valence-corrected chi connectivity index (χ0v) is 12.7. The van der Waals surface area contributed by atoms with Crippen LogP contribution in [0.2, 0.25) is 5.02 Å². The summed E-state index contributed by atoms with van der Waals surface area (Å²) in [6, 6.07) is 9.58. The quantitative estimate of drug-likeness (QED) is 0.854. The van der Waals surface area contributed by atoms with Crippen molar-refractivity contribution in [2.75, 3.05) is 10.5 Å². The molecule has 0 unspecified atom stereocenters. The standard InChI is InChI=1S/C14H15ClN2O2S/c1-9-6-12(16)7-10(2)14(9)17-20(18,19)13-5-3-4-11(15)8-13/h3-8,17H,16H2,1-2H3. The Morgan fingerprint density at radius 1 is 1.10 bits per heavy atom. The number of hydrogen-bond donors (Lipinski definition) is 2. The Balaban J connectivity index is 2.44. The SMILES string of the molecule is Cc1cc(N)cc(C)c1NS(=O)(=O)c1cccc(Cl)c1. The molecule has 0 bridgehead atoms. The first-order valence-corrected chi connectivity index (χ1v) is 7.81. The lowest BCUT2D eigenvalue weighted by Crippen LogP contribution is -2.14. The van der Waals surface area contributed by atoms with Gasteiger partial charge in [-0.05, 0) is 55.3 Å². The van der Waals surface area contributed by atoms with Gasteiger partial charge in [-0.15, -0.1) is 0 Å². The third-order valence-corrected chi connectivity index (χ3v) is 4.48. The minimum Gasteiger partial charge on any atom is -0.399 e. The molecule has 0 spiro atoms. The molecule has 6 heteroatoms. The summed E-state index contributed by atoms with van der Waals surface area (Å²) >= 11 is 5.83. The maximum absolute atomic E-state index is 12.3. The average Bonchev–Trinajstić information content (AvgIpc) is 2.34. The lowest BCUT2D eigenvalue weighted by Gasteiger charge is -2.14. The molecule has 0 radical (unpaired) electrons. The number of aryl methyl sites for hydroxylation is 2. The van der Waals surface area contributed by atoms with Crippen molar-refractivity contribution in [3.63, 3.8) is 0 Å². The summed E-state index contributed by atoms with van der Waals surface area (Å²) in [7, 11) is -3.67. The Hall–Kier alpha value is -1.72. The zero-order valence-electron chi connectivity index (χ0n) is 11.1. The molecule has 2 rings (SSSR count). The smallest absolute Gasteiger partial charge is 0.261 e. The minimum atomic E-state index is -3.67. The fraction of sp³-hybridized carbons (Fsp3) is 0.143. The number of halogens is 1. The summed E-state index contributed by atoms with van der Waals surface area (Å²) in [6.45, 7) is 3.61. The van der Waals surface area contributed by atoms with E-state index in [9.17, 15) is 8.42 Å². The van der Waals surface area contributed by atoms with Crippen molar-refractivity contribution >= 4 is 33.0 Å². The van der Waals surface area contributed by atoms with E-state index < -0.39 is 10.0 Å². The molecular weight excluding hydrogens is 296 g/mol. The van der Waals surface area contributed by atoms with Gasteiger partial charge in [0.15, 0.2) is 0 Å². The van der Waals surface area contributed by atoms with Crippen LogP contribution in [-0.4, -0.2) is 8.42 Å². The molecule has 4 nitrogen and oxygen atoms in total. The Kier molecular flexibility index (Phi) is 3.92. The van der Waals surface area contributed by atoms with Gasteiger partial charge >= 0.3 is 0 Å². The van der Waals surface area contributed by atoms with Crippen molar-refractivity contribution in [1.82, 2.24) is 0 Å². The van der Waals surface area contributed by atoms with Crippen molar-refractivity contribution in [3.8, 4) is 0 Å². The van der Waals surface area contributed by atoms with E-state index >= 15 is 0 Å². The van der Waals surface area contributed by atoms with Crippen molar-refractivity contribution in [1.29, 1.82) is 0 Å². The maximum Gasteiger partial charge on any atom is 0.261 e. The predicted molar refractivity (Wildman–Crippen MR) is 82.6 cm³/mol. The normalized spacial score (nSPS) is 11.3. The highest BCUT2D eigenvalue weighted by Gasteiger charge is 2.17. The van der Waals surface area contributed by atoms with E-state index in [1.807, 2.05) is 0 Å². The topological polar surface area (TPSA) is 72.2 Å². The van der Waals surface area contributed by atoms with Gasteiger partial charge in [0, 0.05) is 10.7 Å². The first-order chi connectivity index (χ1) is 9.29. The van der Waals surface area contributed by atoms with Gasteiger partial charge in [0.05, 0.1) is 10.6 Å². The Morgan fingerprint density at radius 2 is 1.70 bits per heavy atom. The molecule has 20 heavy (non-hydrogen) atoms. The largest absolute Gasteiger partial charge is 0.399 e. The van der Waals surface area contributed by atoms with E-state index in [0.717, 1.165) is 11.1 Å². The number of nitrogens with two attached hydrogens (primary N) is 1.